The summed E-state index contributed by atoms with van der Waals surface area (Å²) in [4.78, 5) is 13.2. The van der Waals surface area contributed by atoms with Crippen LogP contribution in [0.25, 0.3) is 0 Å². The van der Waals surface area contributed by atoms with Crippen molar-refractivity contribution in [3.63, 3.8) is 0 Å². The van der Waals surface area contributed by atoms with Gasteiger partial charge in [-0.25, -0.2) is 0 Å². The van der Waals surface area contributed by atoms with Gasteiger partial charge in [-0.2, -0.15) is 0 Å². The first-order chi connectivity index (χ1) is 11.7. The maximum atomic E-state index is 12.5. The number of anilines is 1. The number of amides is 1. The van der Waals surface area contributed by atoms with Gasteiger partial charge < -0.3 is 19.5 Å². The normalized spacial score (nSPS) is 17.4. The molecule has 0 bridgehead atoms. The molecule has 1 aliphatic heterocycles. The van der Waals surface area contributed by atoms with Gasteiger partial charge in [-0.05, 0) is 36.4 Å². The Morgan fingerprint density at radius 1 is 1.25 bits per heavy atom. The van der Waals surface area contributed by atoms with Crippen molar-refractivity contribution in [2.24, 2.45) is 0 Å². The van der Waals surface area contributed by atoms with E-state index in [4.69, 9.17) is 14.2 Å². The second kappa shape index (κ2) is 6.11. The van der Waals surface area contributed by atoms with E-state index in [1.807, 2.05) is 29.6 Å². The average molecular weight is 345 g/mol. The van der Waals surface area contributed by atoms with Gasteiger partial charge in [0.15, 0.2) is 11.5 Å². The van der Waals surface area contributed by atoms with E-state index in [0.29, 0.717) is 22.9 Å². The molecule has 24 heavy (non-hydrogen) atoms. The van der Waals surface area contributed by atoms with Gasteiger partial charge in [0.2, 0.25) is 0 Å². The van der Waals surface area contributed by atoms with E-state index in [1.165, 1.54) is 11.3 Å². The Bertz CT molecular complexity index is 764. The van der Waals surface area contributed by atoms with Crippen LogP contribution >= 0.6 is 11.3 Å². The number of fused-ring (bicyclic) bond motifs is 1. The summed E-state index contributed by atoms with van der Waals surface area (Å²) in [6, 6.07) is 7.46. The summed E-state index contributed by atoms with van der Waals surface area (Å²) >= 11 is 1.41. The second-order valence-electron chi connectivity index (χ2n) is 6.15. The molecule has 5 nitrogen and oxygen atoms in total. The number of carbonyl (C=O) groups excluding carboxylic acids is 1. The lowest BCUT2D eigenvalue weighted by Crippen LogP contribution is -2.34. The summed E-state index contributed by atoms with van der Waals surface area (Å²) in [7, 11) is 1.62. The lowest BCUT2D eigenvalue weighted by atomic mass is 10.2. The van der Waals surface area contributed by atoms with E-state index in [2.05, 4.69) is 5.32 Å². The van der Waals surface area contributed by atoms with Gasteiger partial charge in [-0.1, -0.05) is 0 Å². The molecule has 6 heteroatoms. The molecule has 2 aromatic rings. The average Bonchev–Trinajstić information content (AvgIpc) is 3.27. The van der Waals surface area contributed by atoms with Gasteiger partial charge in [0.1, 0.15) is 0 Å². The quantitative estimate of drug-likeness (QED) is 0.903. The van der Waals surface area contributed by atoms with Crippen LogP contribution in [-0.2, 0) is 11.3 Å². The fraction of sp³-hybridized carbons (Fsp3) is 0.389. The summed E-state index contributed by atoms with van der Waals surface area (Å²) in [5.74, 6) is 0.847. The standard InChI is InChI=1S/C18H19NO4S/c1-21-11-12-6-9-24-16(12)17(20)19-13-4-5-14-15(10-13)23-18(22-14)7-2-3-8-18/h4-6,9-10H,2-3,7-8,11H2,1H3,(H,19,20). The minimum Gasteiger partial charge on any atom is -0.448 e. The zero-order valence-corrected chi connectivity index (χ0v) is 14.3. The summed E-state index contributed by atoms with van der Waals surface area (Å²) in [5.41, 5.74) is 1.60. The molecule has 0 radical (unpaired) electrons. The number of rotatable bonds is 4. The van der Waals surface area contributed by atoms with Crippen molar-refractivity contribution in [2.45, 2.75) is 38.1 Å². The van der Waals surface area contributed by atoms with Crippen LogP contribution in [0.1, 0.15) is 40.9 Å². The smallest absolute Gasteiger partial charge is 0.266 e. The van der Waals surface area contributed by atoms with Gasteiger partial charge in [-0.15, -0.1) is 11.3 Å². The second-order valence-corrected chi connectivity index (χ2v) is 7.06. The van der Waals surface area contributed by atoms with Crippen molar-refractivity contribution in [3.8, 4) is 11.5 Å². The fourth-order valence-electron chi connectivity index (χ4n) is 3.28. The predicted molar refractivity (Wildman–Crippen MR) is 91.9 cm³/mol. The highest BCUT2D eigenvalue weighted by molar-refractivity contribution is 7.12. The predicted octanol–water partition coefficient (Wildman–Crippen LogP) is 4.19. The maximum Gasteiger partial charge on any atom is 0.266 e. The lowest BCUT2D eigenvalue weighted by Gasteiger charge is -2.21. The van der Waals surface area contributed by atoms with Crippen LogP contribution in [-0.4, -0.2) is 18.8 Å². The van der Waals surface area contributed by atoms with Crippen molar-refractivity contribution in [1.82, 2.24) is 0 Å². The summed E-state index contributed by atoms with van der Waals surface area (Å²) in [5, 5.41) is 4.83. The minimum absolute atomic E-state index is 0.133. The molecular formula is C18H19NO4S. The Morgan fingerprint density at radius 2 is 2.04 bits per heavy atom. The third-order valence-corrected chi connectivity index (χ3v) is 5.37. The molecule has 1 aliphatic carbocycles. The van der Waals surface area contributed by atoms with Crippen LogP contribution in [0.15, 0.2) is 29.6 Å². The fourth-order valence-corrected chi connectivity index (χ4v) is 4.09. The molecule has 0 unspecified atom stereocenters. The van der Waals surface area contributed by atoms with E-state index < -0.39 is 5.79 Å². The lowest BCUT2D eigenvalue weighted by molar-refractivity contribution is -0.0716. The number of methoxy groups -OCH3 is 1. The highest BCUT2D eigenvalue weighted by Gasteiger charge is 2.44. The molecule has 1 amide bonds. The topological polar surface area (TPSA) is 56.8 Å². The molecule has 126 valence electrons. The zero-order valence-electron chi connectivity index (χ0n) is 13.5. The van der Waals surface area contributed by atoms with Crippen molar-refractivity contribution < 1.29 is 19.0 Å². The molecule has 0 atom stereocenters. The van der Waals surface area contributed by atoms with Crippen LogP contribution in [0, 0.1) is 0 Å². The number of hydrogen-bond donors (Lipinski definition) is 1. The first-order valence-electron chi connectivity index (χ1n) is 8.08. The zero-order chi connectivity index (χ0) is 16.6. The van der Waals surface area contributed by atoms with Crippen molar-refractivity contribution in [3.05, 3.63) is 40.1 Å². The molecule has 1 aromatic heterocycles. The Morgan fingerprint density at radius 3 is 2.83 bits per heavy atom. The Balaban J connectivity index is 1.50. The van der Waals surface area contributed by atoms with Gasteiger partial charge in [0, 0.05) is 37.3 Å². The molecular weight excluding hydrogens is 326 g/mol. The number of carbonyl (C=O) groups is 1. The third kappa shape index (κ3) is 2.76. The van der Waals surface area contributed by atoms with Gasteiger partial charge in [-0.3, -0.25) is 4.79 Å². The van der Waals surface area contributed by atoms with Crippen LogP contribution in [0.2, 0.25) is 0 Å². The van der Waals surface area contributed by atoms with Crippen LogP contribution in [0.4, 0.5) is 5.69 Å². The first-order valence-corrected chi connectivity index (χ1v) is 8.96. The van der Waals surface area contributed by atoms with Crippen LogP contribution < -0.4 is 14.8 Å². The number of hydrogen-bond acceptors (Lipinski definition) is 5. The molecule has 2 aliphatic rings. The third-order valence-electron chi connectivity index (χ3n) is 4.41. The SMILES string of the molecule is COCc1ccsc1C(=O)Nc1ccc2c(c1)OC1(CCCC1)O2. The molecule has 1 saturated carbocycles. The van der Waals surface area contributed by atoms with E-state index in [0.717, 1.165) is 37.0 Å². The number of benzene rings is 1. The number of thiophene rings is 1. The van der Waals surface area contributed by atoms with Crippen molar-refractivity contribution in [1.29, 1.82) is 0 Å². The van der Waals surface area contributed by atoms with Crippen LogP contribution in [0.3, 0.4) is 0 Å². The monoisotopic (exact) mass is 345 g/mol. The number of nitrogens with one attached hydrogen (secondary N) is 1. The maximum absolute atomic E-state index is 12.5. The highest BCUT2D eigenvalue weighted by Crippen LogP contribution is 2.47. The molecule has 1 N–H and O–H groups in total. The molecule has 4 rings (SSSR count). The van der Waals surface area contributed by atoms with Crippen molar-refractivity contribution >= 4 is 22.9 Å². The van der Waals surface area contributed by atoms with E-state index >= 15 is 0 Å². The molecule has 1 fully saturated rings. The van der Waals surface area contributed by atoms with Crippen LogP contribution in [0.5, 0.6) is 11.5 Å². The minimum atomic E-state index is -0.482. The Hall–Kier alpha value is -2.05. The van der Waals surface area contributed by atoms with Gasteiger partial charge >= 0.3 is 0 Å². The van der Waals surface area contributed by atoms with E-state index in [-0.39, 0.29) is 5.91 Å². The summed E-state index contributed by atoms with van der Waals surface area (Å²) < 4.78 is 17.2. The number of ether oxygens (including phenoxy) is 3. The Kier molecular flexibility index (Phi) is 3.94. The first kappa shape index (κ1) is 15.5. The molecule has 1 spiro atoms. The summed E-state index contributed by atoms with van der Waals surface area (Å²) in [6.07, 6.45) is 4.08. The summed E-state index contributed by atoms with van der Waals surface area (Å²) in [6.45, 7) is 0.427. The molecule has 1 aromatic carbocycles. The van der Waals surface area contributed by atoms with Crippen molar-refractivity contribution in [2.75, 3.05) is 12.4 Å². The Labute approximate surface area is 144 Å². The van der Waals surface area contributed by atoms with E-state index in [9.17, 15) is 4.79 Å². The molecule has 0 saturated heterocycles. The van der Waals surface area contributed by atoms with Gasteiger partial charge in [0.25, 0.3) is 11.7 Å². The van der Waals surface area contributed by atoms with E-state index in [1.54, 1.807) is 7.11 Å². The molecule has 2 heterocycles. The largest absolute Gasteiger partial charge is 0.448 e. The van der Waals surface area contributed by atoms with Gasteiger partial charge in [0.05, 0.1) is 11.5 Å². The highest BCUT2D eigenvalue weighted by atomic mass is 32.1.